The third-order valence-corrected chi connectivity index (χ3v) is 2.98. The number of nitrogens with zero attached hydrogens (tertiary/aromatic N) is 1. The van der Waals surface area contributed by atoms with Crippen LogP contribution in [0.15, 0.2) is 16.6 Å². The number of rotatable bonds is 1. The smallest absolute Gasteiger partial charge is 0.0670 e. The minimum absolute atomic E-state index is 0.391. The summed E-state index contributed by atoms with van der Waals surface area (Å²) in [4.78, 5) is 0. The van der Waals surface area contributed by atoms with Gasteiger partial charge in [0.05, 0.1) is 17.5 Å². The summed E-state index contributed by atoms with van der Waals surface area (Å²) in [6.07, 6.45) is 0.391. The molecule has 0 bridgehead atoms. The summed E-state index contributed by atoms with van der Waals surface area (Å²) in [5.74, 6) is 0. The molecule has 0 fully saturated rings. The van der Waals surface area contributed by atoms with Crippen molar-refractivity contribution in [2.75, 3.05) is 0 Å². The fraction of sp³-hybridized carbons (Fsp3) is 0.222. The van der Waals surface area contributed by atoms with Gasteiger partial charge in [0.25, 0.3) is 0 Å². The number of hydrogen-bond acceptors (Lipinski definition) is 1. The molecule has 0 aromatic heterocycles. The zero-order valence-electron chi connectivity index (χ0n) is 6.56. The Bertz CT molecular complexity index is 341. The second kappa shape index (κ2) is 3.93. The third kappa shape index (κ3) is 2.00. The maximum Gasteiger partial charge on any atom is 0.0670 e. The monoisotopic (exact) mass is 243 g/mol. The van der Waals surface area contributed by atoms with Crippen molar-refractivity contribution in [2.45, 2.75) is 13.3 Å². The van der Waals surface area contributed by atoms with Gasteiger partial charge in [0, 0.05) is 4.47 Å². The van der Waals surface area contributed by atoms with Crippen LogP contribution in [0.1, 0.15) is 11.1 Å². The van der Waals surface area contributed by atoms with Crippen LogP contribution in [0.4, 0.5) is 0 Å². The summed E-state index contributed by atoms with van der Waals surface area (Å²) in [5, 5.41) is 9.18. The Morgan fingerprint density at radius 3 is 2.83 bits per heavy atom. The van der Waals surface area contributed by atoms with E-state index in [1.54, 1.807) is 0 Å². The second-order valence-electron chi connectivity index (χ2n) is 2.55. The van der Waals surface area contributed by atoms with Crippen molar-refractivity contribution in [2.24, 2.45) is 0 Å². The molecule has 0 aliphatic carbocycles. The molecule has 0 unspecified atom stereocenters. The lowest BCUT2D eigenvalue weighted by molar-refractivity contribution is 1.23. The van der Waals surface area contributed by atoms with Crippen LogP contribution < -0.4 is 0 Å². The lowest BCUT2D eigenvalue weighted by Gasteiger charge is -2.03. The first kappa shape index (κ1) is 9.57. The van der Waals surface area contributed by atoms with E-state index in [-0.39, 0.29) is 0 Å². The van der Waals surface area contributed by atoms with E-state index in [9.17, 15) is 0 Å². The highest BCUT2D eigenvalue weighted by molar-refractivity contribution is 9.10. The number of hydrogen-bond donors (Lipinski definition) is 0. The van der Waals surface area contributed by atoms with Gasteiger partial charge in [0.15, 0.2) is 0 Å². The van der Waals surface area contributed by atoms with E-state index in [0.717, 1.165) is 15.6 Å². The largest absolute Gasteiger partial charge is 0.198 e. The topological polar surface area (TPSA) is 23.8 Å². The molecule has 3 heteroatoms. The highest BCUT2D eigenvalue weighted by Crippen LogP contribution is 2.27. The molecular weight excluding hydrogens is 237 g/mol. The molecule has 0 spiro atoms. The molecule has 1 aromatic rings. The van der Waals surface area contributed by atoms with Gasteiger partial charge in [0.2, 0.25) is 0 Å². The minimum atomic E-state index is 0.391. The molecule has 0 saturated carbocycles. The molecule has 0 heterocycles. The van der Waals surface area contributed by atoms with Crippen LogP contribution in [0.3, 0.4) is 0 Å². The molecule has 62 valence electrons. The van der Waals surface area contributed by atoms with Crippen molar-refractivity contribution >= 4 is 27.5 Å². The molecular formula is C9H7BrClN. The fourth-order valence-electron chi connectivity index (χ4n) is 1.01. The molecule has 0 atom stereocenters. The lowest BCUT2D eigenvalue weighted by Crippen LogP contribution is -1.86. The van der Waals surface area contributed by atoms with Crippen LogP contribution in [0.25, 0.3) is 0 Å². The van der Waals surface area contributed by atoms with Gasteiger partial charge in [-0.05, 0) is 40.0 Å². The number of nitriles is 1. The van der Waals surface area contributed by atoms with E-state index >= 15 is 0 Å². The van der Waals surface area contributed by atoms with Crippen LogP contribution in [-0.4, -0.2) is 0 Å². The summed E-state index contributed by atoms with van der Waals surface area (Å²) in [6, 6.07) is 5.92. The van der Waals surface area contributed by atoms with Crippen LogP contribution in [0, 0.1) is 18.3 Å². The quantitative estimate of drug-likeness (QED) is 0.742. The summed E-state index contributed by atoms with van der Waals surface area (Å²) in [7, 11) is 0. The van der Waals surface area contributed by atoms with Crippen molar-refractivity contribution in [3.05, 3.63) is 32.8 Å². The van der Waals surface area contributed by atoms with Gasteiger partial charge < -0.3 is 0 Å². The van der Waals surface area contributed by atoms with Crippen molar-refractivity contribution in [3.63, 3.8) is 0 Å². The van der Waals surface area contributed by atoms with Gasteiger partial charge in [-0.3, -0.25) is 0 Å². The summed E-state index contributed by atoms with van der Waals surface area (Å²) in [5.41, 5.74) is 2.02. The maximum atomic E-state index is 8.51. The Labute approximate surface area is 85.1 Å². The standard InChI is InChI=1S/C9H7BrClN/c1-6-4-7(2-3-12)9(10)8(11)5-6/h4-5H,2H2,1H3. The highest BCUT2D eigenvalue weighted by Gasteiger charge is 2.04. The van der Waals surface area contributed by atoms with E-state index in [4.69, 9.17) is 16.9 Å². The molecule has 0 radical (unpaired) electrons. The van der Waals surface area contributed by atoms with Gasteiger partial charge in [0.1, 0.15) is 0 Å². The Kier molecular flexibility index (Phi) is 3.13. The molecule has 0 saturated heterocycles. The lowest BCUT2D eigenvalue weighted by atomic mass is 10.1. The average Bonchev–Trinajstić information content (AvgIpc) is 2.00. The fourth-order valence-corrected chi connectivity index (χ4v) is 1.67. The van der Waals surface area contributed by atoms with Crippen LogP contribution in [0.5, 0.6) is 0 Å². The SMILES string of the molecule is Cc1cc(Cl)c(Br)c(CC#N)c1. The molecule has 0 aliphatic rings. The molecule has 0 N–H and O–H groups in total. The Balaban J connectivity index is 3.20. The zero-order valence-corrected chi connectivity index (χ0v) is 8.91. The van der Waals surface area contributed by atoms with Gasteiger partial charge in [-0.1, -0.05) is 17.7 Å². The summed E-state index contributed by atoms with van der Waals surface area (Å²) in [6.45, 7) is 1.96. The normalized spacial score (nSPS) is 9.50. The Hall–Kier alpha value is -0.520. The maximum absolute atomic E-state index is 8.51. The van der Waals surface area contributed by atoms with Crippen LogP contribution in [0.2, 0.25) is 5.02 Å². The Morgan fingerprint density at radius 1 is 1.58 bits per heavy atom. The van der Waals surface area contributed by atoms with Crippen molar-refractivity contribution in [1.82, 2.24) is 0 Å². The molecule has 12 heavy (non-hydrogen) atoms. The number of benzene rings is 1. The summed E-state index contributed by atoms with van der Waals surface area (Å²) >= 11 is 9.23. The molecule has 1 nitrogen and oxygen atoms in total. The van der Waals surface area contributed by atoms with E-state index in [1.807, 2.05) is 19.1 Å². The molecule has 0 amide bonds. The van der Waals surface area contributed by atoms with Crippen LogP contribution >= 0.6 is 27.5 Å². The molecule has 1 aromatic carbocycles. The van der Waals surface area contributed by atoms with Crippen molar-refractivity contribution in [1.29, 1.82) is 5.26 Å². The summed E-state index contributed by atoms with van der Waals surface area (Å²) < 4.78 is 0.830. The van der Waals surface area contributed by atoms with Gasteiger partial charge in [-0.2, -0.15) is 5.26 Å². The van der Waals surface area contributed by atoms with E-state index in [0.29, 0.717) is 11.4 Å². The number of halogens is 2. The predicted octanol–water partition coefficient (Wildman–Crippen LogP) is 3.48. The van der Waals surface area contributed by atoms with E-state index in [2.05, 4.69) is 22.0 Å². The number of aryl methyl sites for hydroxylation is 1. The first-order valence-electron chi connectivity index (χ1n) is 3.46. The van der Waals surface area contributed by atoms with Crippen molar-refractivity contribution < 1.29 is 0 Å². The van der Waals surface area contributed by atoms with E-state index < -0.39 is 0 Å². The zero-order chi connectivity index (χ0) is 9.14. The minimum Gasteiger partial charge on any atom is -0.198 e. The first-order chi connectivity index (χ1) is 5.65. The second-order valence-corrected chi connectivity index (χ2v) is 3.75. The molecule has 0 aliphatic heterocycles. The first-order valence-corrected chi connectivity index (χ1v) is 4.63. The van der Waals surface area contributed by atoms with Gasteiger partial charge in [-0.25, -0.2) is 0 Å². The third-order valence-electron chi connectivity index (χ3n) is 1.52. The van der Waals surface area contributed by atoms with Crippen LogP contribution in [-0.2, 0) is 6.42 Å². The van der Waals surface area contributed by atoms with Gasteiger partial charge >= 0.3 is 0 Å². The Morgan fingerprint density at radius 2 is 2.25 bits per heavy atom. The van der Waals surface area contributed by atoms with Gasteiger partial charge in [-0.15, -0.1) is 0 Å². The van der Waals surface area contributed by atoms with E-state index in [1.165, 1.54) is 0 Å². The highest BCUT2D eigenvalue weighted by atomic mass is 79.9. The predicted molar refractivity (Wildman–Crippen MR) is 53.2 cm³/mol. The molecule has 1 rings (SSSR count). The van der Waals surface area contributed by atoms with Crippen molar-refractivity contribution in [3.8, 4) is 6.07 Å². The average molecular weight is 245 g/mol.